The predicted octanol–water partition coefficient (Wildman–Crippen LogP) is 3.11. The molecule has 1 aliphatic heterocycles. The third kappa shape index (κ3) is 2.14. The third-order valence-electron chi connectivity index (χ3n) is 3.48. The number of carboxylic acid groups (broad SMARTS) is 1. The van der Waals surface area contributed by atoms with E-state index in [4.69, 9.17) is 5.11 Å². The lowest BCUT2D eigenvalue weighted by Crippen LogP contribution is -2.22. The predicted molar refractivity (Wildman–Crippen MR) is 68.9 cm³/mol. The van der Waals surface area contributed by atoms with Gasteiger partial charge in [-0.25, -0.2) is 4.79 Å². The first-order valence-corrected chi connectivity index (χ1v) is 6.29. The molecule has 0 saturated heterocycles. The van der Waals surface area contributed by atoms with E-state index in [2.05, 4.69) is 18.7 Å². The molecular weight excluding hydrogens is 214 g/mol. The number of carbonyl (C=O) groups is 1. The van der Waals surface area contributed by atoms with Crippen LogP contribution in [0.5, 0.6) is 0 Å². The highest BCUT2D eigenvalue weighted by molar-refractivity contribution is 5.89. The van der Waals surface area contributed by atoms with Crippen molar-refractivity contribution in [2.45, 2.75) is 32.6 Å². The number of benzene rings is 1. The Balaban J connectivity index is 2.38. The van der Waals surface area contributed by atoms with E-state index >= 15 is 0 Å². The lowest BCUT2D eigenvalue weighted by Gasteiger charge is -2.18. The molecule has 0 bridgehead atoms. The van der Waals surface area contributed by atoms with Gasteiger partial charge in [0.2, 0.25) is 0 Å². The zero-order valence-electron chi connectivity index (χ0n) is 10.4. The number of hydrogen-bond acceptors (Lipinski definition) is 2. The Hall–Kier alpha value is -1.51. The standard InChI is InChI=1S/C14H19NO2/c1-3-7-15-9-10(4-2)12-8-11(14(16)17)5-6-13(12)15/h5-6,8,10H,3-4,7,9H2,1-2H3,(H,16,17). The van der Waals surface area contributed by atoms with E-state index in [0.717, 1.165) is 25.9 Å². The lowest BCUT2D eigenvalue weighted by molar-refractivity contribution is 0.0697. The van der Waals surface area contributed by atoms with Crippen LogP contribution in [-0.2, 0) is 0 Å². The summed E-state index contributed by atoms with van der Waals surface area (Å²) >= 11 is 0. The minimum Gasteiger partial charge on any atom is -0.478 e. The Morgan fingerprint density at radius 2 is 2.24 bits per heavy atom. The van der Waals surface area contributed by atoms with Crippen molar-refractivity contribution in [3.8, 4) is 0 Å². The van der Waals surface area contributed by atoms with Crippen LogP contribution >= 0.6 is 0 Å². The summed E-state index contributed by atoms with van der Waals surface area (Å²) in [7, 11) is 0. The molecule has 0 saturated carbocycles. The highest BCUT2D eigenvalue weighted by Crippen LogP contribution is 2.38. The summed E-state index contributed by atoms with van der Waals surface area (Å²) in [5, 5.41) is 9.03. The van der Waals surface area contributed by atoms with E-state index in [1.807, 2.05) is 12.1 Å². The molecule has 0 amide bonds. The van der Waals surface area contributed by atoms with Gasteiger partial charge in [-0.05, 0) is 36.6 Å². The minimum atomic E-state index is -0.836. The Labute approximate surface area is 102 Å². The highest BCUT2D eigenvalue weighted by Gasteiger charge is 2.27. The molecule has 0 spiro atoms. The molecule has 1 N–H and O–H groups in total. The van der Waals surface area contributed by atoms with Gasteiger partial charge in [-0.3, -0.25) is 0 Å². The summed E-state index contributed by atoms with van der Waals surface area (Å²) in [5.41, 5.74) is 2.84. The van der Waals surface area contributed by atoms with E-state index in [1.165, 1.54) is 11.3 Å². The Morgan fingerprint density at radius 3 is 2.82 bits per heavy atom. The van der Waals surface area contributed by atoms with E-state index in [-0.39, 0.29) is 0 Å². The Morgan fingerprint density at radius 1 is 1.47 bits per heavy atom. The molecule has 17 heavy (non-hydrogen) atoms. The van der Waals surface area contributed by atoms with Gasteiger partial charge in [0.25, 0.3) is 0 Å². The summed E-state index contributed by atoms with van der Waals surface area (Å²) in [4.78, 5) is 13.4. The van der Waals surface area contributed by atoms with Crippen LogP contribution in [0.4, 0.5) is 5.69 Å². The first kappa shape index (κ1) is 12.0. The fourth-order valence-corrected chi connectivity index (χ4v) is 2.60. The number of fused-ring (bicyclic) bond motifs is 1. The van der Waals surface area contributed by atoms with Crippen molar-refractivity contribution in [3.63, 3.8) is 0 Å². The van der Waals surface area contributed by atoms with Crippen LogP contribution in [0.25, 0.3) is 0 Å². The molecule has 1 heterocycles. The number of carboxylic acids is 1. The third-order valence-corrected chi connectivity index (χ3v) is 3.48. The van der Waals surface area contributed by atoms with Crippen molar-refractivity contribution in [2.24, 2.45) is 0 Å². The fraction of sp³-hybridized carbons (Fsp3) is 0.500. The van der Waals surface area contributed by atoms with Crippen molar-refractivity contribution < 1.29 is 9.90 Å². The van der Waals surface area contributed by atoms with Crippen LogP contribution in [0.1, 0.15) is 48.5 Å². The zero-order valence-corrected chi connectivity index (χ0v) is 10.4. The topological polar surface area (TPSA) is 40.5 Å². The maximum Gasteiger partial charge on any atom is 0.335 e. The first-order valence-electron chi connectivity index (χ1n) is 6.29. The van der Waals surface area contributed by atoms with Gasteiger partial charge in [-0.2, -0.15) is 0 Å². The average Bonchev–Trinajstić information content (AvgIpc) is 2.67. The smallest absolute Gasteiger partial charge is 0.335 e. The second kappa shape index (κ2) is 4.78. The molecule has 0 radical (unpaired) electrons. The van der Waals surface area contributed by atoms with E-state index in [1.54, 1.807) is 6.07 Å². The SMILES string of the molecule is CCCN1CC(CC)c2cc(C(=O)O)ccc21. The fourth-order valence-electron chi connectivity index (χ4n) is 2.60. The quantitative estimate of drug-likeness (QED) is 0.868. The molecule has 0 fully saturated rings. The van der Waals surface area contributed by atoms with Gasteiger partial charge in [-0.15, -0.1) is 0 Å². The summed E-state index contributed by atoms with van der Waals surface area (Å²) < 4.78 is 0. The van der Waals surface area contributed by atoms with Crippen molar-refractivity contribution in [1.82, 2.24) is 0 Å². The summed E-state index contributed by atoms with van der Waals surface area (Å²) in [6.07, 6.45) is 2.19. The first-order chi connectivity index (χ1) is 8.17. The molecule has 1 aliphatic rings. The van der Waals surface area contributed by atoms with Crippen LogP contribution < -0.4 is 4.90 Å². The monoisotopic (exact) mass is 233 g/mol. The molecule has 92 valence electrons. The number of aromatic carboxylic acids is 1. The molecule has 3 nitrogen and oxygen atoms in total. The van der Waals surface area contributed by atoms with E-state index in [9.17, 15) is 4.79 Å². The average molecular weight is 233 g/mol. The van der Waals surface area contributed by atoms with Gasteiger partial charge in [0.05, 0.1) is 5.56 Å². The maximum absolute atomic E-state index is 11.0. The Kier molecular flexibility index (Phi) is 3.36. The van der Waals surface area contributed by atoms with Gasteiger partial charge in [0.1, 0.15) is 0 Å². The van der Waals surface area contributed by atoms with Gasteiger partial charge < -0.3 is 10.0 Å². The zero-order chi connectivity index (χ0) is 12.4. The number of nitrogens with zero attached hydrogens (tertiary/aromatic N) is 1. The van der Waals surface area contributed by atoms with Crippen LogP contribution in [-0.4, -0.2) is 24.2 Å². The largest absolute Gasteiger partial charge is 0.478 e. The van der Waals surface area contributed by atoms with Crippen molar-refractivity contribution >= 4 is 11.7 Å². The van der Waals surface area contributed by atoms with Crippen molar-refractivity contribution in [3.05, 3.63) is 29.3 Å². The molecule has 2 rings (SSSR count). The number of hydrogen-bond donors (Lipinski definition) is 1. The molecule has 3 heteroatoms. The van der Waals surface area contributed by atoms with Crippen molar-refractivity contribution in [1.29, 1.82) is 0 Å². The lowest BCUT2D eigenvalue weighted by atomic mass is 9.97. The van der Waals surface area contributed by atoms with Crippen LogP contribution in [0.15, 0.2) is 18.2 Å². The summed E-state index contributed by atoms with van der Waals surface area (Å²) in [6.45, 7) is 6.42. The molecule has 1 aromatic carbocycles. The molecule has 1 atom stereocenters. The normalized spacial score (nSPS) is 18.2. The number of anilines is 1. The van der Waals surface area contributed by atoms with Crippen LogP contribution in [0.3, 0.4) is 0 Å². The molecule has 1 aromatic rings. The minimum absolute atomic E-state index is 0.403. The molecule has 0 aliphatic carbocycles. The van der Waals surface area contributed by atoms with Crippen molar-refractivity contribution in [2.75, 3.05) is 18.0 Å². The second-order valence-corrected chi connectivity index (χ2v) is 4.63. The van der Waals surface area contributed by atoms with Crippen LogP contribution in [0.2, 0.25) is 0 Å². The van der Waals surface area contributed by atoms with Crippen LogP contribution in [0, 0.1) is 0 Å². The van der Waals surface area contributed by atoms with E-state index < -0.39 is 5.97 Å². The summed E-state index contributed by atoms with van der Waals surface area (Å²) in [5.74, 6) is -0.354. The second-order valence-electron chi connectivity index (χ2n) is 4.63. The van der Waals surface area contributed by atoms with Gasteiger partial charge >= 0.3 is 5.97 Å². The van der Waals surface area contributed by atoms with Gasteiger partial charge in [0.15, 0.2) is 0 Å². The van der Waals surface area contributed by atoms with Gasteiger partial charge in [0, 0.05) is 24.7 Å². The number of rotatable bonds is 4. The van der Waals surface area contributed by atoms with Gasteiger partial charge in [-0.1, -0.05) is 13.8 Å². The Bertz CT molecular complexity index is 428. The maximum atomic E-state index is 11.0. The summed E-state index contributed by atoms with van der Waals surface area (Å²) in [6, 6.07) is 5.52. The molecule has 1 unspecified atom stereocenters. The van der Waals surface area contributed by atoms with E-state index in [0.29, 0.717) is 11.5 Å². The molecule has 0 aromatic heterocycles. The molecular formula is C14H19NO2. The highest BCUT2D eigenvalue weighted by atomic mass is 16.4.